The Morgan fingerprint density at radius 2 is 2.29 bits per heavy atom. The summed E-state index contributed by atoms with van der Waals surface area (Å²) in [5.41, 5.74) is 1.65. The first kappa shape index (κ1) is 10.5. The van der Waals surface area contributed by atoms with E-state index in [0.29, 0.717) is 25.1 Å². The molecular weight excluding hydrogens is 220 g/mol. The number of fused-ring (bicyclic) bond motifs is 1. The number of nitrogens with zero attached hydrogens (tertiary/aromatic N) is 3. The first-order valence-electron chi connectivity index (χ1n) is 5.57. The number of carbonyl (C=O) groups is 1. The molecule has 1 unspecified atom stereocenters. The van der Waals surface area contributed by atoms with Crippen LogP contribution in [-0.4, -0.2) is 47.7 Å². The minimum absolute atomic E-state index is 0.0121. The fraction of sp³-hybridized carbons (Fsp3) is 0.455. The molecule has 17 heavy (non-hydrogen) atoms. The van der Waals surface area contributed by atoms with E-state index in [2.05, 4.69) is 20.5 Å². The van der Waals surface area contributed by atoms with E-state index in [1.54, 1.807) is 12.4 Å². The normalized spacial score (nSPS) is 24.4. The predicted molar refractivity (Wildman–Crippen MR) is 63.4 cm³/mol. The van der Waals surface area contributed by atoms with Crippen molar-refractivity contribution in [2.45, 2.75) is 12.5 Å². The van der Waals surface area contributed by atoms with Crippen molar-refractivity contribution in [1.29, 1.82) is 0 Å². The van der Waals surface area contributed by atoms with Gasteiger partial charge in [-0.25, -0.2) is 0 Å². The lowest BCUT2D eigenvalue weighted by atomic mass is 9.89. The average Bonchev–Trinajstić information content (AvgIpc) is 2.69. The second-order valence-electron chi connectivity index (χ2n) is 4.30. The van der Waals surface area contributed by atoms with E-state index in [9.17, 15) is 9.90 Å². The number of aliphatic imine (C=N–C) groups is 1. The van der Waals surface area contributed by atoms with Crippen LogP contribution in [0.1, 0.15) is 6.42 Å². The maximum atomic E-state index is 12.1. The summed E-state index contributed by atoms with van der Waals surface area (Å²) in [5, 5.41) is 20.7. The van der Waals surface area contributed by atoms with Gasteiger partial charge in [0.15, 0.2) is 0 Å². The molecular formula is C11H12N4O2. The zero-order chi connectivity index (χ0) is 11.8. The Balaban J connectivity index is 1.79. The number of Topliss-reactive ketones (excluding diaryl/α,β-unsaturated/α-hetero) is 1. The Morgan fingerprint density at radius 1 is 1.47 bits per heavy atom. The summed E-state index contributed by atoms with van der Waals surface area (Å²) in [4.78, 5) is 16.1. The quantitative estimate of drug-likeness (QED) is 0.675. The summed E-state index contributed by atoms with van der Waals surface area (Å²) < 4.78 is 0. The van der Waals surface area contributed by atoms with E-state index in [1.807, 2.05) is 0 Å². The van der Waals surface area contributed by atoms with Crippen LogP contribution in [0.4, 0.5) is 0 Å². The third-order valence-electron chi connectivity index (χ3n) is 3.19. The fourth-order valence-corrected chi connectivity index (χ4v) is 1.98. The Kier molecular flexibility index (Phi) is 2.45. The molecule has 0 amide bonds. The van der Waals surface area contributed by atoms with Gasteiger partial charge in [0, 0.05) is 43.4 Å². The van der Waals surface area contributed by atoms with E-state index < -0.39 is 6.10 Å². The molecule has 3 aliphatic rings. The van der Waals surface area contributed by atoms with Crippen LogP contribution >= 0.6 is 0 Å². The molecule has 6 nitrogen and oxygen atoms in total. The fourth-order valence-electron chi connectivity index (χ4n) is 1.98. The molecule has 3 rings (SSSR count). The summed E-state index contributed by atoms with van der Waals surface area (Å²) in [6, 6.07) is 0. The molecule has 1 fully saturated rings. The van der Waals surface area contributed by atoms with Crippen LogP contribution in [0.2, 0.25) is 0 Å². The zero-order valence-electron chi connectivity index (χ0n) is 9.13. The van der Waals surface area contributed by atoms with Crippen molar-refractivity contribution in [3.8, 4) is 0 Å². The molecule has 0 aromatic rings. The molecule has 0 bridgehead atoms. The standard InChI is InChI=1S/C11H12N4O2/c16-10(6-3-13-4-6)11(17)9-7-5-12-2-1-8(7)14-15-9/h2,5-6,10,13,16H,1,3-4H2. The Labute approximate surface area is 97.8 Å². The lowest BCUT2D eigenvalue weighted by Gasteiger charge is -2.30. The van der Waals surface area contributed by atoms with Crippen LogP contribution in [0, 0.1) is 5.92 Å². The van der Waals surface area contributed by atoms with Gasteiger partial charge < -0.3 is 10.4 Å². The second kappa shape index (κ2) is 3.97. The van der Waals surface area contributed by atoms with Crippen molar-refractivity contribution in [2.24, 2.45) is 21.1 Å². The molecule has 88 valence electrons. The number of nitrogens with one attached hydrogen (secondary N) is 1. The SMILES string of the molecule is O=C(C1=NN=C2CC=NC=C21)C(O)C1CNC1. The van der Waals surface area contributed by atoms with Crippen LogP contribution in [0.3, 0.4) is 0 Å². The Bertz CT molecular complexity index is 486. The van der Waals surface area contributed by atoms with Crippen molar-refractivity contribution in [3.05, 3.63) is 11.8 Å². The van der Waals surface area contributed by atoms with Gasteiger partial charge in [-0.2, -0.15) is 5.10 Å². The number of aliphatic hydroxyl groups is 1. The van der Waals surface area contributed by atoms with E-state index >= 15 is 0 Å². The summed E-state index contributed by atoms with van der Waals surface area (Å²) in [5.74, 6) is -0.361. The third-order valence-corrected chi connectivity index (χ3v) is 3.19. The van der Waals surface area contributed by atoms with Gasteiger partial charge >= 0.3 is 0 Å². The van der Waals surface area contributed by atoms with Gasteiger partial charge in [0.1, 0.15) is 11.8 Å². The minimum atomic E-state index is -0.989. The van der Waals surface area contributed by atoms with Crippen molar-refractivity contribution in [3.63, 3.8) is 0 Å². The zero-order valence-corrected chi connectivity index (χ0v) is 9.13. The van der Waals surface area contributed by atoms with Crippen LogP contribution in [-0.2, 0) is 4.79 Å². The first-order chi connectivity index (χ1) is 8.27. The highest BCUT2D eigenvalue weighted by Crippen LogP contribution is 2.20. The Hall–Kier alpha value is -1.66. The number of hydrogen-bond donors (Lipinski definition) is 2. The predicted octanol–water partition coefficient (Wildman–Crippen LogP) is -0.695. The third kappa shape index (κ3) is 1.65. The molecule has 6 heteroatoms. The lowest BCUT2D eigenvalue weighted by Crippen LogP contribution is -2.52. The van der Waals surface area contributed by atoms with Crippen LogP contribution in [0.25, 0.3) is 0 Å². The molecule has 1 saturated heterocycles. The molecule has 3 aliphatic heterocycles. The summed E-state index contributed by atoms with van der Waals surface area (Å²) in [6.07, 6.45) is 2.90. The number of aliphatic hydroxyl groups excluding tert-OH is 1. The van der Waals surface area contributed by atoms with Gasteiger partial charge in [-0.1, -0.05) is 0 Å². The molecule has 1 atom stereocenters. The maximum absolute atomic E-state index is 12.1. The summed E-state index contributed by atoms with van der Waals surface area (Å²) >= 11 is 0. The van der Waals surface area contributed by atoms with E-state index in [1.165, 1.54) is 0 Å². The van der Waals surface area contributed by atoms with Gasteiger partial charge in [-0.15, -0.1) is 5.10 Å². The monoisotopic (exact) mass is 232 g/mol. The highest BCUT2D eigenvalue weighted by molar-refractivity contribution is 6.55. The van der Waals surface area contributed by atoms with Gasteiger partial charge in [0.2, 0.25) is 5.78 Å². The van der Waals surface area contributed by atoms with Crippen molar-refractivity contribution in [1.82, 2.24) is 5.32 Å². The topological polar surface area (TPSA) is 86.4 Å². The lowest BCUT2D eigenvalue weighted by molar-refractivity contribution is -0.123. The summed E-state index contributed by atoms with van der Waals surface area (Å²) in [6.45, 7) is 1.34. The first-order valence-corrected chi connectivity index (χ1v) is 5.57. The van der Waals surface area contributed by atoms with Crippen molar-refractivity contribution < 1.29 is 9.90 Å². The smallest absolute Gasteiger partial charge is 0.212 e. The highest BCUT2D eigenvalue weighted by Gasteiger charge is 2.36. The number of carbonyl (C=O) groups excluding carboxylic acids is 1. The van der Waals surface area contributed by atoms with Crippen molar-refractivity contribution >= 4 is 23.4 Å². The van der Waals surface area contributed by atoms with Gasteiger partial charge in [0.05, 0.1) is 5.71 Å². The number of rotatable bonds is 3. The molecule has 0 aromatic heterocycles. The number of ketones is 1. The van der Waals surface area contributed by atoms with Gasteiger partial charge in [0.25, 0.3) is 0 Å². The molecule has 0 radical (unpaired) electrons. The Morgan fingerprint density at radius 3 is 3.00 bits per heavy atom. The minimum Gasteiger partial charge on any atom is -0.384 e. The maximum Gasteiger partial charge on any atom is 0.212 e. The van der Waals surface area contributed by atoms with Crippen LogP contribution in [0.15, 0.2) is 27.0 Å². The largest absolute Gasteiger partial charge is 0.384 e. The van der Waals surface area contributed by atoms with Gasteiger partial charge in [-0.05, 0) is 0 Å². The molecule has 2 N–H and O–H groups in total. The number of hydrogen-bond acceptors (Lipinski definition) is 6. The molecule has 3 heterocycles. The van der Waals surface area contributed by atoms with Crippen LogP contribution < -0.4 is 5.32 Å². The van der Waals surface area contributed by atoms with Crippen molar-refractivity contribution in [2.75, 3.05) is 13.1 Å². The molecule has 0 spiro atoms. The number of allylic oxidation sites excluding steroid dienone is 1. The summed E-state index contributed by atoms with van der Waals surface area (Å²) in [7, 11) is 0. The second-order valence-corrected chi connectivity index (χ2v) is 4.30. The molecule has 0 saturated carbocycles. The van der Waals surface area contributed by atoms with Gasteiger partial charge in [-0.3, -0.25) is 9.79 Å². The average molecular weight is 232 g/mol. The highest BCUT2D eigenvalue weighted by atomic mass is 16.3. The molecule has 0 aromatic carbocycles. The van der Waals surface area contributed by atoms with E-state index in [-0.39, 0.29) is 17.4 Å². The van der Waals surface area contributed by atoms with E-state index in [4.69, 9.17) is 0 Å². The van der Waals surface area contributed by atoms with E-state index in [0.717, 1.165) is 5.71 Å². The molecule has 0 aliphatic carbocycles. The van der Waals surface area contributed by atoms with Crippen LogP contribution in [0.5, 0.6) is 0 Å².